The van der Waals surface area contributed by atoms with Crippen molar-refractivity contribution in [1.29, 1.82) is 5.26 Å². The predicted molar refractivity (Wildman–Crippen MR) is 73.2 cm³/mol. The number of carbonyl (C=O) groups is 1. The zero-order valence-electron chi connectivity index (χ0n) is 11.4. The van der Waals surface area contributed by atoms with Gasteiger partial charge in [-0.05, 0) is 43.7 Å². The van der Waals surface area contributed by atoms with E-state index in [1.165, 1.54) is 12.1 Å². The third-order valence-corrected chi connectivity index (χ3v) is 3.86. The lowest BCUT2D eigenvalue weighted by molar-refractivity contribution is 0.0893. The first kappa shape index (κ1) is 14.2. The Morgan fingerprint density at radius 1 is 1.30 bits per heavy atom. The van der Waals surface area contributed by atoms with Crippen molar-refractivity contribution in [3.05, 3.63) is 23.8 Å². The van der Waals surface area contributed by atoms with E-state index in [0.29, 0.717) is 18.8 Å². The number of aromatic hydroxyl groups is 2. The van der Waals surface area contributed by atoms with Crippen LogP contribution < -0.4 is 5.32 Å². The molecule has 0 atom stereocenters. The highest BCUT2D eigenvalue weighted by molar-refractivity contribution is 5.95. The first-order valence-corrected chi connectivity index (χ1v) is 6.71. The summed E-state index contributed by atoms with van der Waals surface area (Å²) in [5.41, 5.74) is -0.694. The molecule has 0 aromatic heterocycles. The third kappa shape index (κ3) is 3.02. The highest BCUT2D eigenvalue weighted by Crippen LogP contribution is 2.32. The molecule has 1 amide bonds. The van der Waals surface area contributed by atoms with Gasteiger partial charge in [0, 0.05) is 11.6 Å². The van der Waals surface area contributed by atoms with E-state index >= 15 is 0 Å². The monoisotopic (exact) mass is 274 g/mol. The summed E-state index contributed by atoms with van der Waals surface area (Å²) in [5.74, 6) is -0.248. The molecule has 3 N–H and O–H groups in total. The van der Waals surface area contributed by atoms with E-state index in [2.05, 4.69) is 18.3 Å². The number of nitrogens with one attached hydrogen (secondary N) is 1. The molecule has 1 fully saturated rings. The fourth-order valence-corrected chi connectivity index (χ4v) is 2.54. The molecule has 106 valence electrons. The number of amides is 1. The van der Waals surface area contributed by atoms with Gasteiger partial charge in [-0.3, -0.25) is 4.79 Å². The average Bonchev–Trinajstić information content (AvgIpc) is 2.40. The number of nitriles is 1. The van der Waals surface area contributed by atoms with Crippen molar-refractivity contribution >= 4 is 5.91 Å². The Hall–Kier alpha value is -2.22. The Morgan fingerprint density at radius 2 is 1.85 bits per heavy atom. The van der Waals surface area contributed by atoms with Crippen LogP contribution in [-0.2, 0) is 0 Å². The molecule has 0 unspecified atom stereocenters. The smallest absolute Gasteiger partial charge is 0.252 e. The van der Waals surface area contributed by atoms with Gasteiger partial charge in [0.2, 0.25) is 0 Å². The van der Waals surface area contributed by atoms with Crippen LogP contribution in [0.15, 0.2) is 18.2 Å². The van der Waals surface area contributed by atoms with Gasteiger partial charge in [-0.25, -0.2) is 0 Å². The summed E-state index contributed by atoms with van der Waals surface area (Å²) >= 11 is 0. The topological polar surface area (TPSA) is 93.4 Å². The molecule has 5 heteroatoms. The third-order valence-electron chi connectivity index (χ3n) is 3.86. The second-order valence-corrected chi connectivity index (χ2v) is 5.57. The lowest BCUT2D eigenvalue weighted by Crippen LogP contribution is -2.49. The molecule has 0 heterocycles. The number of benzene rings is 1. The molecule has 0 saturated heterocycles. The quantitative estimate of drug-likeness (QED) is 0.771. The van der Waals surface area contributed by atoms with Crippen LogP contribution in [0.2, 0.25) is 0 Å². The van der Waals surface area contributed by atoms with Gasteiger partial charge in [0.25, 0.3) is 5.91 Å². The van der Waals surface area contributed by atoms with Crippen LogP contribution in [0.1, 0.15) is 43.0 Å². The van der Waals surface area contributed by atoms with Crippen LogP contribution in [0.4, 0.5) is 0 Å². The zero-order chi connectivity index (χ0) is 14.8. The second kappa shape index (κ2) is 5.41. The maximum atomic E-state index is 12.2. The van der Waals surface area contributed by atoms with Crippen molar-refractivity contribution in [2.75, 3.05) is 0 Å². The largest absolute Gasteiger partial charge is 0.508 e. The molecule has 1 aromatic carbocycles. The summed E-state index contributed by atoms with van der Waals surface area (Å²) in [4.78, 5) is 12.2. The van der Waals surface area contributed by atoms with Crippen LogP contribution in [-0.4, -0.2) is 21.7 Å². The molecule has 0 radical (unpaired) electrons. The average molecular weight is 274 g/mol. The van der Waals surface area contributed by atoms with Crippen LogP contribution >= 0.6 is 0 Å². The molecule has 1 aliphatic rings. The van der Waals surface area contributed by atoms with Gasteiger partial charge in [0.15, 0.2) is 0 Å². The van der Waals surface area contributed by atoms with Crippen molar-refractivity contribution < 1.29 is 15.0 Å². The van der Waals surface area contributed by atoms with Gasteiger partial charge in [-0.15, -0.1) is 0 Å². The SMILES string of the molecule is CC1CCC(C#N)(NC(=O)c2cc(O)cc(O)c2)CC1. The highest BCUT2D eigenvalue weighted by atomic mass is 16.3. The van der Waals surface area contributed by atoms with E-state index in [1.54, 1.807) is 0 Å². The lowest BCUT2D eigenvalue weighted by Gasteiger charge is -2.34. The van der Waals surface area contributed by atoms with Crippen molar-refractivity contribution in [3.8, 4) is 17.6 Å². The number of rotatable bonds is 2. The second-order valence-electron chi connectivity index (χ2n) is 5.57. The Morgan fingerprint density at radius 3 is 2.35 bits per heavy atom. The van der Waals surface area contributed by atoms with Crippen molar-refractivity contribution in [1.82, 2.24) is 5.32 Å². The molecule has 1 saturated carbocycles. The fraction of sp³-hybridized carbons (Fsp3) is 0.467. The van der Waals surface area contributed by atoms with E-state index in [0.717, 1.165) is 18.9 Å². The van der Waals surface area contributed by atoms with E-state index < -0.39 is 11.4 Å². The normalized spacial score (nSPS) is 25.7. The minimum Gasteiger partial charge on any atom is -0.508 e. The maximum Gasteiger partial charge on any atom is 0.252 e. The van der Waals surface area contributed by atoms with E-state index in [1.807, 2.05) is 0 Å². The molecule has 5 nitrogen and oxygen atoms in total. The molecular weight excluding hydrogens is 256 g/mol. The van der Waals surface area contributed by atoms with E-state index in [9.17, 15) is 20.3 Å². The van der Waals surface area contributed by atoms with Crippen molar-refractivity contribution in [3.63, 3.8) is 0 Å². The summed E-state index contributed by atoms with van der Waals surface area (Å²) in [7, 11) is 0. The van der Waals surface area contributed by atoms with Gasteiger partial charge >= 0.3 is 0 Å². The molecule has 0 bridgehead atoms. The fourth-order valence-electron chi connectivity index (χ4n) is 2.54. The van der Waals surface area contributed by atoms with Gasteiger partial charge < -0.3 is 15.5 Å². The number of nitrogens with zero attached hydrogens (tertiary/aromatic N) is 1. The molecule has 1 aromatic rings. The minimum absolute atomic E-state index is 0.149. The Balaban J connectivity index is 2.16. The number of hydrogen-bond donors (Lipinski definition) is 3. The number of phenols is 2. The zero-order valence-corrected chi connectivity index (χ0v) is 11.4. The van der Waals surface area contributed by atoms with Crippen molar-refractivity contribution in [2.24, 2.45) is 5.92 Å². The van der Waals surface area contributed by atoms with Gasteiger partial charge in [0.1, 0.15) is 17.0 Å². The molecule has 2 rings (SSSR count). The summed E-state index contributed by atoms with van der Waals surface area (Å²) in [6.45, 7) is 2.14. The standard InChI is InChI=1S/C15H18N2O3/c1-10-2-4-15(9-16,5-3-10)17-14(20)11-6-12(18)8-13(19)7-11/h6-8,10,18-19H,2-5H2,1H3,(H,17,20). The van der Waals surface area contributed by atoms with E-state index in [-0.39, 0.29) is 17.1 Å². The van der Waals surface area contributed by atoms with E-state index in [4.69, 9.17) is 0 Å². The Kier molecular flexibility index (Phi) is 3.84. The van der Waals surface area contributed by atoms with Crippen LogP contribution in [0.25, 0.3) is 0 Å². The molecule has 0 aliphatic heterocycles. The molecule has 20 heavy (non-hydrogen) atoms. The first-order chi connectivity index (χ1) is 9.44. The maximum absolute atomic E-state index is 12.2. The summed E-state index contributed by atoms with van der Waals surface area (Å²) in [5, 5.41) is 30.9. The van der Waals surface area contributed by atoms with Gasteiger partial charge in [-0.2, -0.15) is 5.26 Å². The van der Waals surface area contributed by atoms with Gasteiger partial charge in [0.05, 0.1) is 6.07 Å². The lowest BCUT2D eigenvalue weighted by atomic mass is 9.78. The number of phenolic OH excluding ortho intramolecular Hbond substituents is 2. The predicted octanol–water partition coefficient (Wildman–Crippen LogP) is 2.30. The highest BCUT2D eigenvalue weighted by Gasteiger charge is 2.36. The summed E-state index contributed by atoms with van der Waals surface area (Å²) < 4.78 is 0. The summed E-state index contributed by atoms with van der Waals surface area (Å²) in [6.07, 6.45) is 3.06. The molecular formula is C15H18N2O3. The van der Waals surface area contributed by atoms with Crippen LogP contribution in [0.5, 0.6) is 11.5 Å². The Bertz CT molecular complexity index is 534. The van der Waals surface area contributed by atoms with Gasteiger partial charge in [-0.1, -0.05) is 6.92 Å². The summed E-state index contributed by atoms with van der Waals surface area (Å²) in [6, 6.07) is 5.90. The first-order valence-electron chi connectivity index (χ1n) is 6.71. The minimum atomic E-state index is -0.843. The van der Waals surface area contributed by atoms with Crippen molar-refractivity contribution in [2.45, 2.75) is 38.1 Å². The Labute approximate surface area is 117 Å². The number of hydrogen-bond acceptors (Lipinski definition) is 4. The number of carbonyl (C=O) groups excluding carboxylic acids is 1. The molecule has 1 aliphatic carbocycles. The van der Waals surface area contributed by atoms with Crippen LogP contribution in [0, 0.1) is 17.2 Å². The van der Waals surface area contributed by atoms with Crippen LogP contribution in [0.3, 0.4) is 0 Å². The molecule has 0 spiro atoms.